The number of nitrogens with zero attached hydrogens (tertiary/aromatic N) is 3. The summed E-state index contributed by atoms with van der Waals surface area (Å²) < 4.78 is 5.17. The molecule has 1 fully saturated rings. The molecule has 1 aliphatic heterocycles. The Hall–Kier alpha value is -1.68. The van der Waals surface area contributed by atoms with Crippen LogP contribution in [0.3, 0.4) is 0 Å². The molecule has 0 N–H and O–H groups in total. The molecule has 1 amide bonds. The number of carbonyl (C=O) groups is 1. The molecule has 0 radical (unpaired) electrons. The van der Waals surface area contributed by atoms with Crippen molar-refractivity contribution in [1.29, 1.82) is 5.26 Å². The van der Waals surface area contributed by atoms with Crippen molar-refractivity contribution in [1.82, 2.24) is 4.90 Å². The molecule has 1 heterocycles. The van der Waals surface area contributed by atoms with E-state index in [2.05, 4.69) is 4.99 Å². The van der Waals surface area contributed by atoms with Crippen LogP contribution in [0.25, 0.3) is 6.08 Å². The molecule has 1 aliphatic rings. The van der Waals surface area contributed by atoms with E-state index in [1.165, 1.54) is 16.7 Å². The summed E-state index contributed by atoms with van der Waals surface area (Å²) in [6.45, 7) is -0.144. The van der Waals surface area contributed by atoms with Crippen LogP contribution in [0.1, 0.15) is 5.56 Å². The molecular formula is C14H11Cl2N3O2S. The highest BCUT2D eigenvalue weighted by Crippen LogP contribution is 2.37. The lowest BCUT2D eigenvalue weighted by Crippen LogP contribution is -2.23. The smallest absolute Gasteiger partial charge is 0.266 e. The largest absolute Gasteiger partial charge is 0.476 e. The molecule has 114 valence electrons. The van der Waals surface area contributed by atoms with Gasteiger partial charge >= 0.3 is 0 Å². The fraction of sp³-hybridized carbons (Fsp3) is 0.214. The Kier molecular flexibility index (Phi) is 5.35. The molecule has 0 atom stereocenters. The third-order valence-electron chi connectivity index (χ3n) is 2.79. The van der Waals surface area contributed by atoms with Crippen molar-refractivity contribution in [2.45, 2.75) is 0 Å². The molecule has 0 spiro atoms. The van der Waals surface area contributed by atoms with E-state index in [1.807, 2.05) is 6.07 Å². The Bertz CT molecular complexity index is 702. The summed E-state index contributed by atoms with van der Waals surface area (Å²) >= 11 is 13.5. The minimum absolute atomic E-state index is 0.136. The number of benzene rings is 1. The summed E-state index contributed by atoms with van der Waals surface area (Å²) in [7, 11) is 3.29. The first-order valence-electron chi connectivity index (χ1n) is 6.11. The van der Waals surface area contributed by atoms with Gasteiger partial charge in [0.05, 0.1) is 15.0 Å². The van der Waals surface area contributed by atoms with Gasteiger partial charge in [0.1, 0.15) is 6.07 Å². The SMILES string of the molecule is CN=C1S/C(=C\c2cc(Cl)c(OCC#N)c(Cl)c2)C(=O)N1C. The van der Waals surface area contributed by atoms with E-state index < -0.39 is 0 Å². The zero-order chi connectivity index (χ0) is 16.3. The van der Waals surface area contributed by atoms with Crippen LogP contribution in [-0.4, -0.2) is 36.7 Å². The van der Waals surface area contributed by atoms with Crippen LogP contribution in [0.2, 0.25) is 10.0 Å². The van der Waals surface area contributed by atoms with Crippen LogP contribution in [0, 0.1) is 11.3 Å². The van der Waals surface area contributed by atoms with E-state index >= 15 is 0 Å². The molecule has 1 saturated heterocycles. The van der Waals surface area contributed by atoms with Crippen molar-refractivity contribution in [3.8, 4) is 11.8 Å². The van der Waals surface area contributed by atoms with Gasteiger partial charge in [0.2, 0.25) is 0 Å². The number of carbonyl (C=O) groups excluding carboxylic acids is 1. The van der Waals surface area contributed by atoms with Crippen LogP contribution < -0.4 is 4.74 Å². The normalized spacial score (nSPS) is 18.1. The van der Waals surface area contributed by atoms with Crippen LogP contribution in [0.5, 0.6) is 5.75 Å². The molecular weight excluding hydrogens is 345 g/mol. The van der Waals surface area contributed by atoms with Gasteiger partial charge in [0, 0.05) is 14.1 Å². The Labute approximate surface area is 142 Å². The molecule has 2 rings (SSSR count). The fourth-order valence-corrected chi connectivity index (χ4v) is 3.35. The summed E-state index contributed by atoms with van der Waals surface area (Å²) in [6.07, 6.45) is 1.69. The number of nitriles is 1. The standard InChI is InChI=1S/C14H11Cl2N3O2S/c1-18-14-19(2)13(20)11(22-14)7-8-5-9(15)12(10(16)6-8)21-4-3-17/h5-7H,4H2,1-2H3/b11-7-,18-14?. The highest BCUT2D eigenvalue weighted by Gasteiger charge is 2.29. The molecule has 0 aromatic heterocycles. The summed E-state index contributed by atoms with van der Waals surface area (Å²) in [5.74, 6) is 0.119. The molecule has 8 heteroatoms. The summed E-state index contributed by atoms with van der Waals surface area (Å²) in [4.78, 5) is 18.1. The van der Waals surface area contributed by atoms with Gasteiger partial charge in [0.25, 0.3) is 5.91 Å². The van der Waals surface area contributed by atoms with E-state index in [-0.39, 0.29) is 28.3 Å². The predicted octanol–water partition coefficient (Wildman–Crippen LogP) is 3.43. The average molecular weight is 356 g/mol. The topological polar surface area (TPSA) is 65.7 Å². The van der Waals surface area contributed by atoms with Crippen molar-refractivity contribution in [3.63, 3.8) is 0 Å². The van der Waals surface area contributed by atoms with E-state index in [0.717, 1.165) is 0 Å². The van der Waals surface area contributed by atoms with E-state index in [4.69, 9.17) is 33.2 Å². The summed E-state index contributed by atoms with van der Waals surface area (Å²) in [6, 6.07) is 5.10. The van der Waals surface area contributed by atoms with Crippen LogP contribution in [0.15, 0.2) is 22.0 Å². The van der Waals surface area contributed by atoms with Gasteiger partial charge < -0.3 is 4.74 Å². The number of halogens is 2. The second-order valence-corrected chi connectivity index (χ2v) is 6.06. The molecule has 22 heavy (non-hydrogen) atoms. The first kappa shape index (κ1) is 16.7. The maximum atomic E-state index is 12.1. The average Bonchev–Trinajstić information content (AvgIpc) is 2.74. The van der Waals surface area contributed by atoms with Crippen molar-refractivity contribution >= 4 is 52.1 Å². The number of ether oxygens (including phenoxy) is 1. The van der Waals surface area contributed by atoms with Crippen LogP contribution >= 0.6 is 35.0 Å². The first-order valence-corrected chi connectivity index (χ1v) is 7.68. The maximum absolute atomic E-state index is 12.1. The quantitative estimate of drug-likeness (QED) is 0.779. The number of amides is 1. The number of rotatable bonds is 3. The minimum Gasteiger partial charge on any atom is -0.476 e. The van der Waals surface area contributed by atoms with Gasteiger partial charge in [0.15, 0.2) is 17.5 Å². The first-order chi connectivity index (χ1) is 10.5. The number of thioether (sulfide) groups is 1. The highest BCUT2D eigenvalue weighted by molar-refractivity contribution is 8.18. The Balaban J connectivity index is 2.34. The Morgan fingerprint density at radius 3 is 2.59 bits per heavy atom. The zero-order valence-corrected chi connectivity index (χ0v) is 14.1. The number of hydrogen-bond acceptors (Lipinski definition) is 5. The number of hydrogen-bond donors (Lipinski definition) is 0. The Morgan fingerprint density at radius 1 is 1.45 bits per heavy atom. The summed E-state index contributed by atoms with van der Waals surface area (Å²) in [5.41, 5.74) is 0.668. The van der Waals surface area contributed by atoms with Crippen LogP contribution in [-0.2, 0) is 4.79 Å². The third-order valence-corrected chi connectivity index (χ3v) is 4.51. The van der Waals surface area contributed by atoms with E-state index in [0.29, 0.717) is 15.6 Å². The van der Waals surface area contributed by atoms with Crippen molar-refractivity contribution < 1.29 is 9.53 Å². The summed E-state index contributed by atoms with van der Waals surface area (Å²) in [5, 5.41) is 9.72. The lowest BCUT2D eigenvalue weighted by atomic mass is 10.2. The minimum atomic E-state index is -0.144. The molecule has 1 aromatic rings. The number of aliphatic imine (C=N–C) groups is 1. The van der Waals surface area contributed by atoms with Crippen LogP contribution in [0.4, 0.5) is 0 Å². The van der Waals surface area contributed by atoms with Gasteiger partial charge in [-0.3, -0.25) is 14.7 Å². The van der Waals surface area contributed by atoms with Gasteiger partial charge in [-0.15, -0.1) is 0 Å². The molecule has 0 saturated carbocycles. The lowest BCUT2D eigenvalue weighted by molar-refractivity contribution is -0.121. The third kappa shape index (κ3) is 3.38. The van der Waals surface area contributed by atoms with Crippen molar-refractivity contribution in [2.24, 2.45) is 4.99 Å². The van der Waals surface area contributed by atoms with Gasteiger partial charge in [-0.05, 0) is 35.5 Å². The predicted molar refractivity (Wildman–Crippen MR) is 89.3 cm³/mol. The van der Waals surface area contributed by atoms with E-state index in [1.54, 1.807) is 32.3 Å². The van der Waals surface area contributed by atoms with Gasteiger partial charge in [-0.25, -0.2) is 0 Å². The fourth-order valence-electron chi connectivity index (χ4n) is 1.81. The lowest BCUT2D eigenvalue weighted by Gasteiger charge is -2.08. The second kappa shape index (κ2) is 7.05. The molecule has 0 bridgehead atoms. The zero-order valence-electron chi connectivity index (χ0n) is 11.8. The van der Waals surface area contributed by atoms with Gasteiger partial charge in [-0.2, -0.15) is 5.26 Å². The van der Waals surface area contributed by atoms with Gasteiger partial charge in [-0.1, -0.05) is 23.2 Å². The van der Waals surface area contributed by atoms with Crippen molar-refractivity contribution in [3.05, 3.63) is 32.6 Å². The molecule has 0 unspecified atom stereocenters. The highest BCUT2D eigenvalue weighted by atomic mass is 35.5. The van der Waals surface area contributed by atoms with E-state index in [9.17, 15) is 4.79 Å². The second-order valence-electron chi connectivity index (χ2n) is 4.24. The number of amidine groups is 1. The molecule has 1 aromatic carbocycles. The Morgan fingerprint density at radius 2 is 2.09 bits per heavy atom. The maximum Gasteiger partial charge on any atom is 0.266 e. The monoisotopic (exact) mass is 355 g/mol. The molecule has 5 nitrogen and oxygen atoms in total. The van der Waals surface area contributed by atoms with Crippen molar-refractivity contribution in [2.75, 3.05) is 20.7 Å². The number of likely N-dealkylation sites (N-methyl/N-ethyl adjacent to an activating group) is 1. The molecule has 0 aliphatic carbocycles.